The van der Waals surface area contributed by atoms with Crippen molar-refractivity contribution < 1.29 is 9.53 Å². The molecule has 0 radical (unpaired) electrons. The fraction of sp³-hybridized carbons (Fsp3) is 0.133. The average molecular weight is 239 g/mol. The third kappa shape index (κ3) is 1.84. The first kappa shape index (κ1) is 10.8. The van der Waals surface area contributed by atoms with Crippen LogP contribution in [0.4, 0.5) is 0 Å². The number of ether oxygens (including phenoxy) is 1. The van der Waals surface area contributed by atoms with Crippen molar-refractivity contribution in [1.29, 1.82) is 0 Å². The van der Waals surface area contributed by atoms with Crippen LogP contribution in [0.2, 0.25) is 0 Å². The molecule has 0 aliphatic carbocycles. The number of H-pyrrole nitrogens is 1. The summed E-state index contributed by atoms with van der Waals surface area (Å²) in [4.78, 5) is 14.2. The van der Waals surface area contributed by atoms with Gasteiger partial charge in [0.25, 0.3) is 0 Å². The van der Waals surface area contributed by atoms with Crippen LogP contribution in [0, 0.1) is 0 Å². The van der Waals surface area contributed by atoms with Gasteiger partial charge >= 0.3 is 5.97 Å². The molecule has 3 heteroatoms. The van der Waals surface area contributed by atoms with E-state index in [9.17, 15) is 4.79 Å². The Morgan fingerprint density at radius 1 is 1.11 bits per heavy atom. The first-order chi connectivity index (χ1) is 8.74. The van der Waals surface area contributed by atoms with Gasteiger partial charge < -0.3 is 9.72 Å². The molecule has 0 saturated carbocycles. The quantitative estimate of drug-likeness (QED) is 0.696. The van der Waals surface area contributed by atoms with E-state index in [2.05, 4.69) is 23.2 Å². The molecule has 0 amide bonds. The zero-order valence-corrected chi connectivity index (χ0v) is 10.1. The first-order valence-electron chi connectivity index (χ1n) is 5.87. The maximum Gasteiger partial charge on any atom is 0.302 e. The topological polar surface area (TPSA) is 42.1 Å². The van der Waals surface area contributed by atoms with E-state index in [1.54, 1.807) is 0 Å². The maximum absolute atomic E-state index is 10.8. The molecule has 1 heterocycles. The number of aromatic amines is 1. The minimum Gasteiger partial charge on any atom is -0.461 e. The van der Waals surface area contributed by atoms with Crippen molar-refractivity contribution in [3.63, 3.8) is 0 Å². The van der Waals surface area contributed by atoms with Gasteiger partial charge in [-0.3, -0.25) is 4.79 Å². The number of para-hydroxylation sites is 1. The second-order valence-electron chi connectivity index (χ2n) is 4.33. The van der Waals surface area contributed by atoms with Gasteiger partial charge in [0.2, 0.25) is 0 Å². The molecule has 3 rings (SSSR count). The highest BCUT2D eigenvalue weighted by Gasteiger charge is 2.05. The summed E-state index contributed by atoms with van der Waals surface area (Å²) in [5.74, 6) is -0.256. The summed E-state index contributed by atoms with van der Waals surface area (Å²) in [5, 5.41) is 2.35. The summed E-state index contributed by atoms with van der Waals surface area (Å²) in [6.07, 6.45) is 0. The number of benzene rings is 2. The summed E-state index contributed by atoms with van der Waals surface area (Å²) in [5.41, 5.74) is 3.22. The number of fused-ring (bicyclic) bond motifs is 3. The normalized spacial score (nSPS) is 10.9. The molecule has 2 aromatic carbocycles. The summed E-state index contributed by atoms with van der Waals surface area (Å²) in [7, 11) is 0. The highest BCUT2D eigenvalue weighted by atomic mass is 16.5. The average Bonchev–Trinajstić information content (AvgIpc) is 2.74. The molecule has 0 spiro atoms. The van der Waals surface area contributed by atoms with Crippen LogP contribution in [-0.4, -0.2) is 11.0 Å². The fourth-order valence-electron chi connectivity index (χ4n) is 2.17. The van der Waals surface area contributed by atoms with Gasteiger partial charge in [-0.1, -0.05) is 24.3 Å². The van der Waals surface area contributed by atoms with Gasteiger partial charge in [-0.2, -0.15) is 0 Å². The van der Waals surface area contributed by atoms with E-state index in [0.717, 1.165) is 22.0 Å². The van der Waals surface area contributed by atoms with Gasteiger partial charge in [0, 0.05) is 28.7 Å². The third-order valence-corrected chi connectivity index (χ3v) is 3.01. The molecule has 0 saturated heterocycles. The van der Waals surface area contributed by atoms with Gasteiger partial charge in [0.1, 0.15) is 6.61 Å². The molecule has 3 nitrogen and oxygen atoms in total. The van der Waals surface area contributed by atoms with E-state index in [1.165, 1.54) is 12.3 Å². The van der Waals surface area contributed by atoms with E-state index < -0.39 is 0 Å². The Morgan fingerprint density at radius 2 is 1.89 bits per heavy atom. The number of hydrogen-bond acceptors (Lipinski definition) is 2. The smallest absolute Gasteiger partial charge is 0.302 e. The predicted molar refractivity (Wildman–Crippen MR) is 71.3 cm³/mol. The van der Waals surface area contributed by atoms with E-state index >= 15 is 0 Å². The second kappa shape index (κ2) is 4.18. The number of esters is 1. The molecule has 90 valence electrons. The molecule has 18 heavy (non-hydrogen) atoms. The maximum atomic E-state index is 10.8. The highest BCUT2D eigenvalue weighted by Crippen LogP contribution is 2.26. The first-order valence-corrected chi connectivity index (χ1v) is 5.87. The Morgan fingerprint density at radius 3 is 2.72 bits per heavy atom. The number of rotatable bonds is 2. The number of nitrogens with one attached hydrogen (secondary N) is 1. The Labute approximate surface area is 104 Å². The summed E-state index contributed by atoms with van der Waals surface area (Å²) >= 11 is 0. The molecule has 1 N–H and O–H groups in total. The molecule has 0 atom stereocenters. The molecule has 0 bridgehead atoms. The standard InChI is InChI=1S/C15H13NO2/c1-10(17)18-9-11-6-7-15-13(8-11)12-4-2-3-5-14(12)16-15/h2-8,16H,9H2,1H3. The molecular formula is C15H13NO2. The lowest BCUT2D eigenvalue weighted by Gasteiger charge is -2.02. The molecule has 1 aromatic heterocycles. The van der Waals surface area contributed by atoms with Crippen molar-refractivity contribution in [2.45, 2.75) is 13.5 Å². The largest absolute Gasteiger partial charge is 0.461 e. The third-order valence-electron chi connectivity index (χ3n) is 3.01. The number of aromatic nitrogens is 1. The van der Waals surface area contributed by atoms with Gasteiger partial charge in [-0.05, 0) is 23.8 Å². The van der Waals surface area contributed by atoms with Crippen LogP contribution >= 0.6 is 0 Å². The minimum absolute atomic E-state index is 0.256. The Kier molecular flexibility index (Phi) is 2.52. The summed E-state index contributed by atoms with van der Waals surface area (Å²) < 4.78 is 5.02. The van der Waals surface area contributed by atoms with E-state index in [0.29, 0.717) is 6.61 Å². The van der Waals surface area contributed by atoms with Crippen LogP contribution in [0.3, 0.4) is 0 Å². The van der Waals surface area contributed by atoms with E-state index in [4.69, 9.17) is 4.74 Å². The lowest BCUT2D eigenvalue weighted by atomic mass is 10.1. The molecule has 0 aliphatic rings. The Bertz CT molecular complexity index is 728. The predicted octanol–water partition coefficient (Wildman–Crippen LogP) is 3.38. The van der Waals surface area contributed by atoms with Crippen molar-refractivity contribution in [1.82, 2.24) is 4.98 Å². The second-order valence-corrected chi connectivity index (χ2v) is 4.33. The van der Waals surface area contributed by atoms with Gasteiger partial charge in [0.15, 0.2) is 0 Å². The lowest BCUT2D eigenvalue weighted by Crippen LogP contribution is -1.98. The molecule has 0 fully saturated rings. The Hall–Kier alpha value is -2.29. The fourth-order valence-corrected chi connectivity index (χ4v) is 2.17. The van der Waals surface area contributed by atoms with E-state index in [-0.39, 0.29) is 5.97 Å². The zero-order chi connectivity index (χ0) is 12.5. The van der Waals surface area contributed by atoms with Crippen molar-refractivity contribution in [2.75, 3.05) is 0 Å². The molecule has 0 aliphatic heterocycles. The van der Waals surface area contributed by atoms with Crippen LogP contribution < -0.4 is 0 Å². The molecule has 3 aromatic rings. The summed E-state index contributed by atoms with van der Waals surface area (Å²) in [6, 6.07) is 14.2. The van der Waals surface area contributed by atoms with Crippen molar-refractivity contribution >= 4 is 27.8 Å². The van der Waals surface area contributed by atoms with Crippen LogP contribution in [0.15, 0.2) is 42.5 Å². The number of carbonyl (C=O) groups excluding carboxylic acids is 1. The van der Waals surface area contributed by atoms with Crippen molar-refractivity contribution in [3.05, 3.63) is 48.0 Å². The lowest BCUT2D eigenvalue weighted by molar-refractivity contribution is -0.142. The van der Waals surface area contributed by atoms with Crippen LogP contribution in [-0.2, 0) is 16.1 Å². The van der Waals surface area contributed by atoms with Crippen molar-refractivity contribution in [3.8, 4) is 0 Å². The van der Waals surface area contributed by atoms with Crippen LogP contribution in [0.5, 0.6) is 0 Å². The number of carbonyl (C=O) groups is 1. The number of hydrogen-bond donors (Lipinski definition) is 1. The summed E-state index contributed by atoms with van der Waals surface area (Å²) in [6.45, 7) is 1.75. The SMILES string of the molecule is CC(=O)OCc1ccc2[nH]c3ccccc3c2c1. The van der Waals surface area contributed by atoms with Crippen molar-refractivity contribution in [2.24, 2.45) is 0 Å². The molecule has 0 unspecified atom stereocenters. The van der Waals surface area contributed by atoms with Gasteiger partial charge in [0.05, 0.1) is 0 Å². The monoisotopic (exact) mass is 239 g/mol. The van der Waals surface area contributed by atoms with E-state index in [1.807, 2.05) is 24.3 Å². The van der Waals surface area contributed by atoms with Gasteiger partial charge in [-0.25, -0.2) is 0 Å². The highest BCUT2D eigenvalue weighted by molar-refractivity contribution is 6.07. The van der Waals surface area contributed by atoms with Crippen LogP contribution in [0.25, 0.3) is 21.8 Å². The van der Waals surface area contributed by atoms with Crippen LogP contribution in [0.1, 0.15) is 12.5 Å². The minimum atomic E-state index is -0.256. The zero-order valence-electron chi connectivity index (χ0n) is 10.1. The van der Waals surface area contributed by atoms with Gasteiger partial charge in [-0.15, -0.1) is 0 Å². The molecular weight excluding hydrogens is 226 g/mol. The Balaban J connectivity index is 2.09.